The lowest BCUT2D eigenvalue weighted by molar-refractivity contribution is 0.158. The first-order valence-electron chi connectivity index (χ1n) is 5.59. The van der Waals surface area contributed by atoms with Crippen molar-refractivity contribution in [1.29, 1.82) is 0 Å². The highest BCUT2D eigenvalue weighted by Crippen LogP contribution is 2.17. The van der Waals surface area contributed by atoms with Crippen molar-refractivity contribution in [3.8, 4) is 0 Å². The SMILES string of the molecule is CCCCCCN1C(S)NN(C)C1C. The maximum Gasteiger partial charge on any atom is 0.119 e. The van der Waals surface area contributed by atoms with Crippen LogP contribution in [0.25, 0.3) is 0 Å². The van der Waals surface area contributed by atoms with Gasteiger partial charge in [-0.25, -0.2) is 10.4 Å². The Morgan fingerprint density at radius 2 is 2.00 bits per heavy atom. The van der Waals surface area contributed by atoms with Crippen LogP contribution in [0, 0.1) is 0 Å². The molecule has 1 N–H and O–H groups in total. The van der Waals surface area contributed by atoms with Crippen LogP contribution in [0.2, 0.25) is 0 Å². The van der Waals surface area contributed by atoms with E-state index in [0.717, 1.165) is 6.54 Å². The third-order valence-electron chi connectivity index (χ3n) is 2.94. The minimum absolute atomic E-state index is 0.191. The summed E-state index contributed by atoms with van der Waals surface area (Å²) in [5, 5.41) is 2.12. The normalized spacial score (nSPS) is 30.0. The van der Waals surface area contributed by atoms with E-state index >= 15 is 0 Å². The standard InChI is InChI=1S/C10H23N3S/c1-4-5-6-7-8-13-9(2)12(3)11-10(13)14/h9-11,14H,4-8H2,1-3H3. The van der Waals surface area contributed by atoms with Gasteiger partial charge in [-0.05, 0) is 13.3 Å². The molecule has 1 heterocycles. The number of hydrazine groups is 1. The van der Waals surface area contributed by atoms with E-state index in [1.807, 2.05) is 0 Å². The van der Waals surface area contributed by atoms with Gasteiger partial charge in [-0.3, -0.25) is 4.90 Å². The number of unbranched alkanes of at least 4 members (excludes halogenated alkanes) is 3. The molecular weight excluding hydrogens is 194 g/mol. The highest BCUT2D eigenvalue weighted by atomic mass is 32.1. The van der Waals surface area contributed by atoms with Gasteiger partial charge in [-0.1, -0.05) is 26.2 Å². The van der Waals surface area contributed by atoms with Crippen molar-refractivity contribution in [3.05, 3.63) is 0 Å². The zero-order valence-corrected chi connectivity index (χ0v) is 10.4. The molecule has 14 heavy (non-hydrogen) atoms. The molecule has 1 rings (SSSR count). The molecule has 2 unspecified atom stereocenters. The van der Waals surface area contributed by atoms with Crippen LogP contribution in [-0.2, 0) is 0 Å². The first kappa shape index (κ1) is 12.3. The number of hydrogen-bond acceptors (Lipinski definition) is 4. The van der Waals surface area contributed by atoms with Crippen molar-refractivity contribution in [2.75, 3.05) is 13.6 Å². The van der Waals surface area contributed by atoms with Crippen LogP contribution in [-0.4, -0.2) is 35.2 Å². The fraction of sp³-hybridized carbons (Fsp3) is 1.00. The van der Waals surface area contributed by atoms with E-state index in [2.05, 4.69) is 48.9 Å². The molecule has 0 aromatic rings. The quantitative estimate of drug-likeness (QED) is 0.541. The summed E-state index contributed by atoms with van der Waals surface area (Å²) in [5.74, 6) is 0. The van der Waals surface area contributed by atoms with Crippen LogP contribution < -0.4 is 5.43 Å². The predicted molar refractivity (Wildman–Crippen MR) is 64.0 cm³/mol. The third-order valence-corrected chi connectivity index (χ3v) is 3.36. The Bertz CT molecular complexity index is 165. The minimum Gasteiger partial charge on any atom is -0.262 e. The highest BCUT2D eigenvalue weighted by Gasteiger charge is 2.30. The zero-order valence-electron chi connectivity index (χ0n) is 9.53. The van der Waals surface area contributed by atoms with Gasteiger partial charge in [0.15, 0.2) is 0 Å². The van der Waals surface area contributed by atoms with Gasteiger partial charge in [-0.2, -0.15) is 0 Å². The Balaban J connectivity index is 2.22. The fourth-order valence-electron chi connectivity index (χ4n) is 1.82. The summed E-state index contributed by atoms with van der Waals surface area (Å²) in [5.41, 5.74) is 3.47. The van der Waals surface area contributed by atoms with Gasteiger partial charge in [0, 0.05) is 13.6 Å². The molecule has 2 atom stereocenters. The largest absolute Gasteiger partial charge is 0.262 e. The Kier molecular flexibility index (Phi) is 5.23. The van der Waals surface area contributed by atoms with Crippen molar-refractivity contribution < 1.29 is 0 Å². The Morgan fingerprint density at radius 3 is 2.50 bits per heavy atom. The number of hydrogen-bond donors (Lipinski definition) is 2. The minimum atomic E-state index is 0.191. The Morgan fingerprint density at radius 1 is 1.29 bits per heavy atom. The lowest BCUT2D eigenvalue weighted by Crippen LogP contribution is -2.36. The van der Waals surface area contributed by atoms with Gasteiger partial charge in [0.1, 0.15) is 5.50 Å². The first-order chi connectivity index (χ1) is 6.66. The lowest BCUT2D eigenvalue weighted by atomic mass is 10.2. The monoisotopic (exact) mass is 217 g/mol. The molecule has 4 heteroatoms. The number of rotatable bonds is 5. The number of nitrogens with zero attached hydrogens (tertiary/aromatic N) is 2. The van der Waals surface area contributed by atoms with Gasteiger partial charge in [0.05, 0.1) is 6.17 Å². The van der Waals surface area contributed by atoms with E-state index < -0.39 is 0 Å². The molecule has 1 fully saturated rings. The molecular formula is C10H23N3S. The number of nitrogens with one attached hydrogen (secondary N) is 1. The second-order valence-corrected chi connectivity index (χ2v) is 4.53. The molecule has 0 aromatic carbocycles. The summed E-state index contributed by atoms with van der Waals surface area (Å²) < 4.78 is 0. The van der Waals surface area contributed by atoms with Gasteiger partial charge in [0.2, 0.25) is 0 Å². The third kappa shape index (κ3) is 3.12. The molecule has 1 aliphatic rings. The first-order valence-corrected chi connectivity index (χ1v) is 6.11. The molecule has 0 amide bonds. The van der Waals surface area contributed by atoms with Gasteiger partial charge in [-0.15, -0.1) is 12.6 Å². The van der Waals surface area contributed by atoms with E-state index in [9.17, 15) is 0 Å². The Labute approximate surface area is 93.2 Å². The second kappa shape index (κ2) is 5.95. The van der Waals surface area contributed by atoms with E-state index in [1.54, 1.807) is 0 Å². The molecule has 0 aliphatic carbocycles. The van der Waals surface area contributed by atoms with Gasteiger partial charge in [0.25, 0.3) is 0 Å². The number of thiol groups is 1. The van der Waals surface area contributed by atoms with E-state index in [-0.39, 0.29) is 5.50 Å². The summed E-state index contributed by atoms with van der Waals surface area (Å²) in [6, 6.07) is 0. The zero-order chi connectivity index (χ0) is 10.6. The average Bonchev–Trinajstić information content (AvgIpc) is 2.38. The van der Waals surface area contributed by atoms with Crippen LogP contribution in [0.15, 0.2) is 0 Å². The van der Waals surface area contributed by atoms with Crippen molar-refractivity contribution >= 4 is 12.6 Å². The van der Waals surface area contributed by atoms with E-state index in [0.29, 0.717) is 6.17 Å². The van der Waals surface area contributed by atoms with E-state index in [1.165, 1.54) is 25.7 Å². The molecule has 84 valence electrons. The highest BCUT2D eigenvalue weighted by molar-refractivity contribution is 7.80. The summed E-state index contributed by atoms with van der Waals surface area (Å²) in [7, 11) is 2.07. The second-order valence-electron chi connectivity index (χ2n) is 4.04. The van der Waals surface area contributed by atoms with Crippen molar-refractivity contribution in [2.24, 2.45) is 0 Å². The summed E-state index contributed by atoms with van der Waals surface area (Å²) in [6.07, 6.45) is 5.73. The maximum absolute atomic E-state index is 4.50. The smallest absolute Gasteiger partial charge is 0.119 e. The van der Waals surface area contributed by atoms with Crippen LogP contribution >= 0.6 is 12.6 Å². The molecule has 0 spiro atoms. The van der Waals surface area contributed by atoms with Crippen LogP contribution in [0.4, 0.5) is 0 Å². The molecule has 0 bridgehead atoms. The van der Waals surface area contributed by atoms with Crippen molar-refractivity contribution in [1.82, 2.24) is 15.3 Å². The molecule has 0 radical (unpaired) electrons. The summed E-state index contributed by atoms with van der Waals surface area (Å²) in [6.45, 7) is 5.60. The van der Waals surface area contributed by atoms with Gasteiger partial charge < -0.3 is 0 Å². The van der Waals surface area contributed by atoms with Crippen molar-refractivity contribution in [3.63, 3.8) is 0 Å². The maximum atomic E-state index is 4.50. The topological polar surface area (TPSA) is 18.5 Å². The fourth-order valence-corrected chi connectivity index (χ4v) is 2.31. The van der Waals surface area contributed by atoms with Crippen LogP contribution in [0.1, 0.15) is 39.5 Å². The van der Waals surface area contributed by atoms with Crippen molar-refractivity contribution in [2.45, 2.75) is 51.2 Å². The molecule has 1 aliphatic heterocycles. The molecule has 3 nitrogen and oxygen atoms in total. The molecule has 0 saturated carbocycles. The molecule has 0 aromatic heterocycles. The van der Waals surface area contributed by atoms with Crippen LogP contribution in [0.3, 0.4) is 0 Å². The van der Waals surface area contributed by atoms with Crippen LogP contribution in [0.5, 0.6) is 0 Å². The lowest BCUT2D eigenvalue weighted by Gasteiger charge is -2.24. The predicted octanol–water partition coefficient (Wildman–Crippen LogP) is 1.88. The van der Waals surface area contributed by atoms with E-state index in [4.69, 9.17) is 0 Å². The average molecular weight is 217 g/mol. The summed E-state index contributed by atoms with van der Waals surface area (Å²) in [4.78, 5) is 2.39. The van der Waals surface area contributed by atoms with Gasteiger partial charge >= 0.3 is 0 Å². The summed E-state index contributed by atoms with van der Waals surface area (Å²) >= 11 is 4.50. The Hall–Kier alpha value is 0.230. The molecule has 1 saturated heterocycles.